The van der Waals surface area contributed by atoms with E-state index in [1.165, 1.54) is 23.5 Å². The Morgan fingerprint density at radius 1 is 1.26 bits per heavy atom. The van der Waals surface area contributed by atoms with E-state index < -0.39 is 0 Å². The van der Waals surface area contributed by atoms with Gasteiger partial charge in [-0.1, -0.05) is 11.3 Å². The van der Waals surface area contributed by atoms with Gasteiger partial charge in [0.25, 0.3) is 0 Å². The second kappa shape index (κ2) is 9.93. The van der Waals surface area contributed by atoms with Gasteiger partial charge in [0, 0.05) is 36.0 Å². The van der Waals surface area contributed by atoms with E-state index in [0.717, 1.165) is 15.3 Å². The third kappa shape index (κ3) is 5.42. The highest BCUT2D eigenvalue weighted by Crippen LogP contribution is 2.30. The van der Waals surface area contributed by atoms with Gasteiger partial charge in [0.1, 0.15) is 11.6 Å². The fraction of sp³-hybridized carbons (Fsp3) is 0.227. The van der Waals surface area contributed by atoms with E-state index in [1.807, 2.05) is 36.5 Å². The molecule has 0 N–H and O–H groups in total. The molecule has 0 aliphatic heterocycles. The average Bonchev–Trinajstić information content (AvgIpc) is 3.44. The maximum atomic E-state index is 13.6. The summed E-state index contributed by atoms with van der Waals surface area (Å²) in [6, 6.07) is 14.1. The van der Waals surface area contributed by atoms with Gasteiger partial charge in [0.15, 0.2) is 5.13 Å². The van der Waals surface area contributed by atoms with Crippen LogP contribution >= 0.6 is 23.1 Å². The van der Waals surface area contributed by atoms with Crippen LogP contribution in [0.3, 0.4) is 0 Å². The van der Waals surface area contributed by atoms with Crippen molar-refractivity contribution < 1.29 is 13.9 Å². The van der Waals surface area contributed by atoms with Crippen LogP contribution in [0.1, 0.15) is 6.42 Å². The number of hydrogen-bond donors (Lipinski definition) is 0. The van der Waals surface area contributed by atoms with Gasteiger partial charge in [-0.3, -0.25) is 14.4 Å². The Hall–Kier alpha value is -2.91. The Balaban J connectivity index is 1.46. The second-order valence-corrected chi connectivity index (χ2v) is 8.87. The predicted molar refractivity (Wildman–Crippen MR) is 122 cm³/mol. The van der Waals surface area contributed by atoms with Gasteiger partial charge in [-0.2, -0.15) is 5.10 Å². The van der Waals surface area contributed by atoms with Crippen LogP contribution in [-0.4, -0.2) is 40.1 Å². The predicted octanol–water partition coefficient (Wildman–Crippen LogP) is 4.86. The number of carbonyl (C=O) groups excluding carboxylic acids is 1. The zero-order valence-electron chi connectivity index (χ0n) is 16.9. The molecule has 0 atom stereocenters. The molecule has 0 fully saturated rings. The van der Waals surface area contributed by atoms with Crippen molar-refractivity contribution in [1.82, 2.24) is 14.8 Å². The number of rotatable bonds is 9. The maximum Gasteiger partial charge on any atom is 0.229 e. The summed E-state index contributed by atoms with van der Waals surface area (Å²) in [4.78, 5) is 20.4. The van der Waals surface area contributed by atoms with Gasteiger partial charge in [-0.25, -0.2) is 9.37 Å². The van der Waals surface area contributed by atoms with Gasteiger partial charge in [0.05, 0.1) is 23.9 Å². The molecular weight excluding hydrogens is 435 g/mol. The number of thiazole rings is 1. The lowest BCUT2D eigenvalue weighted by Crippen LogP contribution is -2.34. The molecule has 9 heteroatoms. The first-order chi connectivity index (χ1) is 15.1. The van der Waals surface area contributed by atoms with Crippen LogP contribution in [0.2, 0.25) is 0 Å². The number of nitrogens with zero attached hydrogens (tertiary/aromatic N) is 4. The fourth-order valence-corrected chi connectivity index (χ4v) is 4.90. The SMILES string of the molecule is COc1ccc(SCCC(=O)N(CCn2cccn2)c2nc3ccc(F)cc3s2)cc1. The number of benzene rings is 2. The van der Waals surface area contributed by atoms with Gasteiger partial charge in [0.2, 0.25) is 5.91 Å². The Morgan fingerprint density at radius 3 is 2.84 bits per heavy atom. The molecule has 0 saturated carbocycles. The number of methoxy groups -OCH3 is 1. The highest BCUT2D eigenvalue weighted by atomic mass is 32.2. The molecule has 160 valence electrons. The van der Waals surface area contributed by atoms with Gasteiger partial charge < -0.3 is 4.74 Å². The van der Waals surface area contributed by atoms with E-state index >= 15 is 0 Å². The lowest BCUT2D eigenvalue weighted by molar-refractivity contribution is -0.118. The Morgan fingerprint density at radius 2 is 2.10 bits per heavy atom. The number of aromatic nitrogens is 3. The number of anilines is 1. The van der Waals surface area contributed by atoms with E-state index in [2.05, 4.69) is 10.1 Å². The molecule has 0 saturated heterocycles. The molecule has 6 nitrogen and oxygen atoms in total. The first-order valence-corrected chi connectivity index (χ1v) is 11.5. The van der Waals surface area contributed by atoms with E-state index in [-0.39, 0.29) is 11.7 Å². The number of amides is 1. The van der Waals surface area contributed by atoms with Crippen LogP contribution in [0.15, 0.2) is 65.8 Å². The largest absolute Gasteiger partial charge is 0.497 e. The molecule has 0 spiro atoms. The van der Waals surface area contributed by atoms with Crippen molar-refractivity contribution in [2.75, 3.05) is 24.3 Å². The third-order valence-electron chi connectivity index (χ3n) is 4.63. The van der Waals surface area contributed by atoms with Gasteiger partial charge in [-0.05, 0) is 48.5 Å². The Kier molecular flexibility index (Phi) is 6.83. The standard InChI is InChI=1S/C22H21FN4O2S2/c1-29-17-4-6-18(7-5-17)30-14-9-21(28)27(13-12-26-11-2-10-24-26)22-25-19-8-3-16(23)15-20(19)31-22/h2-8,10-11,15H,9,12-14H2,1H3. The normalized spacial score (nSPS) is 11.0. The quantitative estimate of drug-likeness (QED) is 0.337. The van der Waals surface area contributed by atoms with E-state index in [1.54, 1.807) is 40.7 Å². The number of thioether (sulfide) groups is 1. The van der Waals surface area contributed by atoms with Crippen molar-refractivity contribution in [3.05, 3.63) is 66.7 Å². The molecule has 0 aliphatic carbocycles. The summed E-state index contributed by atoms with van der Waals surface area (Å²) in [6.07, 6.45) is 3.92. The summed E-state index contributed by atoms with van der Waals surface area (Å²) >= 11 is 2.94. The van der Waals surface area contributed by atoms with Gasteiger partial charge in [-0.15, -0.1) is 11.8 Å². The summed E-state index contributed by atoms with van der Waals surface area (Å²) in [5.74, 6) is 1.11. The molecule has 1 amide bonds. The number of halogens is 1. The number of fused-ring (bicyclic) bond motifs is 1. The summed E-state index contributed by atoms with van der Waals surface area (Å²) < 4.78 is 21.3. The van der Waals surface area contributed by atoms with Crippen LogP contribution < -0.4 is 9.64 Å². The van der Waals surface area contributed by atoms with E-state index in [9.17, 15) is 9.18 Å². The first-order valence-electron chi connectivity index (χ1n) is 9.73. The highest BCUT2D eigenvalue weighted by Gasteiger charge is 2.20. The Bertz CT molecular complexity index is 1150. The fourth-order valence-electron chi connectivity index (χ4n) is 3.03. The number of ether oxygens (including phenoxy) is 1. The van der Waals surface area contributed by atoms with Crippen LogP contribution in [0.25, 0.3) is 10.2 Å². The third-order valence-corrected chi connectivity index (χ3v) is 6.68. The topological polar surface area (TPSA) is 60.2 Å². The van der Waals surface area contributed by atoms with Gasteiger partial charge >= 0.3 is 0 Å². The minimum Gasteiger partial charge on any atom is -0.497 e. The van der Waals surface area contributed by atoms with Crippen LogP contribution in [0.4, 0.5) is 9.52 Å². The summed E-state index contributed by atoms with van der Waals surface area (Å²) in [5, 5.41) is 4.79. The number of carbonyl (C=O) groups is 1. The van der Waals surface area contributed by atoms with Crippen molar-refractivity contribution in [2.45, 2.75) is 17.9 Å². The van der Waals surface area contributed by atoms with Crippen molar-refractivity contribution in [2.24, 2.45) is 0 Å². The minimum absolute atomic E-state index is 0.0207. The molecule has 0 aliphatic rings. The molecule has 0 bridgehead atoms. The lowest BCUT2D eigenvalue weighted by atomic mass is 10.3. The zero-order chi connectivity index (χ0) is 21.6. The first kappa shape index (κ1) is 21.3. The smallest absolute Gasteiger partial charge is 0.229 e. The van der Waals surface area contributed by atoms with Crippen molar-refractivity contribution in [1.29, 1.82) is 0 Å². The van der Waals surface area contributed by atoms with Crippen molar-refractivity contribution >= 4 is 44.4 Å². The lowest BCUT2D eigenvalue weighted by Gasteiger charge is -2.20. The van der Waals surface area contributed by atoms with E-state index in [0.29, 0.717) is 35.9 Å². The summed E-state index contributed by atoms with van der Waals surface area (Å²) in [6.45, 7) is 0.991. The molecule has 31 heavy (non-hydrogen) atoms. The molecular formula is C22H21FN4O2S2. The highest BCUT2D eigenvalue weighted by molar-refractivity contribution is 7.99. The second-order valence-electron chi connectivity index (χ2n) is 6.70. The molecule has 4 aromatic rings. The molecule has 2 aromatic heterocycles. The molecule has 0 radical (unpaired) electrons. The monoisotopic (exact) mass is 456 g/mol. The van der Waals surface area contributed by atoms with Crippen LogP contribution in [0.5, 0.6) is 5.75 Å². The molecule has 2 heterocycles. The zero-order valence-corrected chi connectivity index (χ0v) is 18.5. The maximum absolute atomic E-state index is 13.6. The molecule has 0 unspecified atom stereocenters. The van der Waals surface area contributed by atoms with E-state index in [4.69, 9.17) is 4.74 Å². The van der Waals surface area contributed by atoms with Crippen LogP contribution in [0, 0.1) is 5.82 Å². The van der Waals surface area contributed by atoms with Crippen molar-refractivity contribution in [3.8, 4) is 5.75 Å². The average molecular weight is 457 g/mol. The van der Waals surface area contributed by atoms with Crippen LogP contribution in [-0.2, 0) is 11.3 Å². The van der Waals surface area contributed by atoms with Crippen molar-refractivity contribution in [3.63, 3.8) is 0 Å². The minimum atomic E-state index is -0.312. The molecule has 4 rings (SSSR count). The number of hydrogen-bond acceptors (Lipinski definition) is 6. The summed E-state index contributed by atoms with van der Waals surface area (Å²) in [7, 11) is 1.63. The Labute approximate surface area is 187 Å². The summed E-state index contributed by atoms with van der Waals surface area (Å²) in [5.41, 5.74) is 0.686. The molecule has 2 aromatic carbocycles.